The minimum absolute atomic E-state index is 0.944. The second kappa shape index (κ2) is 28.2. The lowest BCUT2D eigenvalue weighted by Crippen LogP contribution is -1.95. The number of hydrogen-bond acceptors (Lipinski definition) is 0. The third kappa shape index (κ3) is 28.1. The normalized spacial score (nSPS) is 13.5. The molecule has 0 aliphatic carbocycles. The van der Waals surface area contributed by atoms with Gasteiger partial charge >= 0.3 is 0 Å². The first kappa shape index (κ1) is 33.0. The molecule has 0 aliphatic heterocycles. The van der Waals surface area contributed by atoms with Crippen LogP contribution >= 0.6 is 0 Å². The summed E-state index contributed by atoms with van der Waals surface area (Å²) in [5.41, 5.74) is 0. The summed E-state index contributed by atoms with van der Waals surface area (Å²) < 4.78 is 0. The minimum atomic E-state index is 0.944. The molecular weight excluding hydrogens is 396 g/mol. The molecule has 0 heteroatoms. The van der Waals surface area contributed by atoms with Crippen LogP contribution in [0.15, 0.2) is 0 Å². The molecule has 0 radical (unpaired) electrons. The molecule has 0 amide bonds. The Hall–Kier alpha value is 0. The van der Waals surface area contributed by atoms with E-state index in [2.05, 4.69) is 27.7 Å². The molecule has 0 aliphatic rings. The number of unbranched alkanes of at least 4 members (excludes halogenated alkanes) is 21. The summed E-state index contributed by atoms with van der Waals surface area (Å²) in [4.78, 5) is 0. The zero-order valence-corrected chi connectivity index (χ0v) is 24.2. The highest BCUT2D eigenvalue weighted by Crippen LogP contribution is 2.20. The quantitative estimate of drug-likeness (QED) is 0.101. The molecule has 0 aromatic heterocycles. The topological polar surface area (TPSA) is 0 Å². The standard InChI is InChI=1S/C33H68/c1-5-7-8-9-10-11-12-13-14-15-16-17-18-19-20-21-23-27-30-33(4)31-28-25-22-24-26-29-32(3)6-2/h32-33H,5-31H2,1-4H3. The van der Waals surface area contributed by atoms with Gasteiger partial charge in [0.05, 0.1) is 0 Å². The van der Waals surface area contributed by atoms with Gasteiger partial charge in [-0.25, -0.2) is 0 Å². The zero-order valence-electron chi connectivity index (χ0n) is 24.2. The van der Waals surface area contributed by atoms with Gasteiger partial charge in [0.25, 0.3) is 0 Å². The molecule has 0 N–H and O–H groups in total. The smallest absolute Gasteiger partial charge is 0.0443 e. The summed E-state index contributed by atoms with van der Waals surface area (Å²) in [7, 11) is 0. The first-order valence-electron chi connectivity index (χ1n) is 16.2. The van der Waals surface area contributed by atoms with Crippen molar-refractivity contribution in [1.82, 2.24) is 0 Å². The van der Waals surface area contributed by atoms with Crippen LogP contribution in [0.2, 0.25) is 0 Å². The second-order valence-corrected chi connectivity index (χ2v) is 11.8. The van der Waals surface area contributed by atoms with Gasteiger partial charge in [0.2, 0.25) is 0 Å². The maximum Gasteiger partial charge on any atom is -0.0443 e. The van der Waals surface area contributed by atoms with E-state index in [0.717, 1.165) is 11.8 Å². The zero-order chi connectivity index (χ0) is 24.2. The van der Waals surface area contributed by atoms with Crippen molar-refractivity contribution in [2.75, 3.05) is 0 Å². The summed E-state index contributed by atoms with van der Waals surface area (Å²) >= 11 is 0. The lowest BCUT2D eigenvalue weighted by molar-refractivity contribution is 0.425. The van der Waals surface area contributed by atoms with Crippen LogP contribution in [0.4, 0.5) is 0 Å². The average molecular weight is 465 g/mol. The Labute approximate surface area is 212 Å². The Bertz CT molecular complexity index is 333. The van der Waals surface area contributed by atoms with E-state index >= 15 is 0 Å². The van der Waals surface area contributed by atoms with Crippen LogP contribution in [0, 0.1) is 11.8 Å². The Kier molecular flexibility index (Phi) is 28.2. The van der Waals surface area contributed by atoms with E-state index in [1.165, 1.54) is 173 Å². The molecule has 0 aromatic carbocycles. The molecule has 0 bridgehead atoms. The molecule has 33 heavy (non-hydrogen) atoms. The van der Waals surface area contributed by atoms with E-state index in [-0.39, 0.29) is 0 Å². The van der Waals surface area contributed by atoms with Crippen molar-refractivity contribution < 1.29 is 0 Å². The van der Waals surface area contributed by atoms with Crippen molar-refractivity contribution in [2.24, 2.45) is 11.8 Å². The van der Waals surface area contributed by atoms with Gasteiger partial charge < -0.3 is 0 Å². The van der Waals surface area contributed by atoms with Crippen LogP contribution in [0.3, 0.4) is 0 Å². The van der Waals surface area contributed by atoms with Gasteiger partial charge in [-0.05, 0) is 11.8 Å². The fourth-order valence-corrected chi connectivity index (χ4v) is 5.26. The molecule has 0 saturated carbocycles. The summed E-state index contributed by atoms with van der Waals surface area (Å²) in [5.74, 6) is 1.91. The third-order valence-electron chi connectivity index (χ3n) is 8.14. The van der Waals surface area contributed by atoms with Crippen LogP contribution in [-0.4, -0.2) is 0 Å². The summed E-state index contributed by atoms with van der Waals surface area (Å²) in [5, 5.41) is 0. The Morgan fingerprint density at radius 2 is 0.545 bits per heavy atom. The van der Waals surface area contributed by atoms with E-state index in [0.29, 0.717) is 0 Å². The van der Waals surface area contributed by atoms with Crippen LogP contribution in [-0.2, 0) is 0 Å². The molecular formula is C33H68. The molecule has 0 nitrogen and oxygen atoms in total. The largest absolute Gasteiger partial charge is 0.0654 e. The molecule has 0 heterocycles. The van der Waals surface area contributed by atoms with E-state index < -0.39 is 0 Å². The Balaban J connectivity index is 3.14. The van der Waals surface area contributed by atoms with E-state index in [4.69, 9.17) is 0 Å². The van der Waals surface area contributed by atoms with E-state index in [9.17, 15) is 0 Å². The molecule has 0 rings (SSSR count). The highest BCUT2D eigenvalue weighted by molar-refractivity contribution is 4.57. The fraction of sp³-hybridized carbons (Fsp3) is 1.00. The number of hydrogen-bond donors (Lipinski definition) is 0. The molecule has 2 atom stereocenters. The van der Waals surface area contributed by atoms with Crippen molar-refractivity contribution in [1.29, 1.82) is 0 Å². The van der Waals surface area contributed by atoms with Crippen molar-refractivity contribution in [2.45, 2.75) is 201 Å². The number of rotatable bonds is 28. The maximum atomic E-state index is 2.50. The second-order valence-electron chi connectivity index (χ2n) is 11.8. The van der Waals surface area contributed by atoms with Crippen molar-refractivity contribution in [3.05, 3.63) is 0 Å². The summed E-state index contributed by atoms with van der Waals surface area (Å²) in [6.45, 7) is 9.53. The van der Waals surface area contributed by atoms with E-state index in [1.807, 2.05) is 0 Å². The van der Waals surface area contributed by atoms with Gasteiger partial charge in [0, 0.05) is 0 Å². The van der Waals surface area contributed by atoms with Crippen LogP contribution < -0.4 is 0 Å². The lowest BCUT2D eigenvalue weighted by Gasteiger charge is -2.11. The van der Waals surface area contributed by atoms with Gasteiger partial charge in [0.1, 0.15) is 0 Å². The highest BCUT2D eigenvalue weighted by Gasteiger charge is 2.03. The molecule has 0 aromatic rings. The maximum absolute atomic E-state index is 2.50. The molecule has 0 spiro atoms. The molecule has 0 fully saturated rings. The third-order valence-corrected chi connectivity index (χ3v) is 8.14. The van der Waals surface area contributed by atoms with Crippen LogP contribution in [0.25, 0.3) is 0 Å². The van der Waals surface area contributed by atoms with Gasteiger partial charge in [-0.2, -0.15) is 0 Å². The average Bonchev–Trinajstić information content (AvgIpc) is 2.82. The summed E-state index contributed by atoms with van der Waals surface area (Å²) in [6, 6.07) is 0. The molecule has 2 unspecified atom stereocenters. The summed E-state index contributed by atoms with van der Waals surface area (Å²) in [6.07, 6.45) is 39.7. The fourth-order valence-electron chi connectivity index (χ4n) is 5.26. The lowest BCUT2D eigenvalue weighted by atomic mass is 9.95. The predicted octanol–water partition coefficient (Wildman–Crippen LogP) is 12.8. The van der Waals surface area contributed by atoms with Gasteiger partial charge in [-0.15, -0.1) is 0 Å². The minimum Gasteiger partial charge on any atom is -0.0654 e. The molecule has 200 valence electrons. The first-order valence-corrected chi connectivity index (χ1v) is 16.2. The first-order chi connectivity index (χ1) is 16.2. The van der Waals surface area contributed by atoms with Gasteiger partial charge in [-0.1, -0.05) is 201 Å². The van der Waals surface area contributed by atoms with Crippen LogP contribution in [0.5, 0.6) is 0 Å². The van der Waals surface area contributed by atoms with Crippen molar-refractivity contribution >= 4 is 0 Å². The van der Waals surface area contributed by atoms with E-state index in [1.54, 1.807) is 0 Å². The SMILES string of the molecule is CCCCCCCCCCCCCCCCCCCCC(C)CCCCCCCC(C)CC. The Morgan fingerprint density at radius 3 is 0.818 bits per heavy atom. The van der Waals surface area contributed by atoms with Gasteiger partial charge in [-0.3, -0.25) is 0 Å². The molecule has 0 saturated heterocycles. The predicted molar refractivity (Wildman–Crippen MR) is 154 cm³/mol. The van der Waals surface area contributed by atoms with Crippen molar-refractivity contribution in [3.63, 3.8) is 0 Å². The van der Waals surface area contributed by atoms with Crippen LogP contribution in [0.1, 0.15) is 201 Å². The highest BCUT2D eigenvalue weighted by atomic mass is 14.1. The van der Waals surface area contributed by atoms with Crippen molar-refractivity contribution in [3.8, 4) is 0 Å². The Morgan fingerprint density at radius 1 is 0.303 bits per heavy atom. The monoisotopic (exact) mass is 465 g/mol. The van der Waals surface area contributed by atoms with Gasteiger partial charge in [0.15, 0.2) is 0 Å².